The number of rotatable bonds is 2. The van der Waals surface area contributed by atoms with Crippen molar-refractivity contribution in [2.75, 3.05) is 18.0 Å². The van der Waals surface area contributed by atoms with Gasteiger partial charge in [-0.25, -0.2) is 0 Å². The van der Waals surface area contributed by atoms with Gasteiger partial charge in [-0.05, 0) is 20.3 Å². The van der Waals surface area contributed by atoms with Gasteiger partial charge in [0.25, 0.3) is 0 Å². The van der Waals surface area contributed by atoms with Crippen LogP contribution in [0, 0.1) is 0 Å². The number of aliphatic hydroxyl groups is 1. The van der Waals surface area contributed by atoms with Crippen LogP contribution in [0.3, 0.4) is 0 Å². The second-order valence-corrected chi connectivity index (χ2v) is 4.38. The molecule has 1 saturated heterocycles. The molecule has 2 rings (SSSR count). The number of hydrogen-bond donors (Lipinski definition) is 2. The summed E-state index contributed by atoms with van der Waals surface area (Å²) < 4.78 is 5.39. The highest BCUT2D eigenvalue weighted by Gasteiger charge is 2.33. The Morgan fingerprint density at radius 1 is 1.60 bits per heavy atom. The molecule has 1 fully saturated rings. The first-order valence-electron chi connectivity index (χ1n) is 5.04. The first-order chi connectivity index (χ1) is 6.98. The monoisotopic (exact) mass is 212 g/mol. The first-order valence-corrected chi connectivity index (χ1v) is 5.04. The lowest BCUT2D eigenvalue weighted by atomic mass is 10.1. The summed E-state index contributed by atoms with van der Waals surface area (Å²) in [5, 5.41) is 17.5. The minimum Gasteiger partial charge on any atom is -0.406 e. The molecule has 1 aromatic heterocycles. The lowest BCUT2D eigenvalue weighted by Gasteiger charge is -2.16. The molecule has 0 bridgehead atoms. The molecule has 6 nitrogen and oxygen atoms in total. The highest BCUT2D eigenvalue weighted by Crippen LogP contribution is 2.25. The average molecular weight is 212 g/mol. The van der Waals surface area contributed by atoms with E-state index in [9.17, 15) is 5.11 Å². The van der Waals surface area contributed by atoms with Crippen molar-refractivity contribution in [3.63, 3.8) is 0 Å². The van der Waals surface area contributed by atoms with E-state index >= 15 is 0 Å². The van der Waals surface area contributed by atoms with Gasteiger partial charge in [0.2, 0.25) is 5.89 Å². The largest absolute Gasteiger partial charge is 0.406 e. The fourth-order valence-corrected chi connectivity index (χ4v) is 1.65. The quantitative estimate of drug-likeness (QED) is 0.720. The van der Waals surface area contributed by atoms with Gasteiger partial charge in [-0.1, -0.05) is 5.10 Å². The van der Waals surface area contributed by atoms with E-state index in [1.165, 1.54) is 0 Å². The third kappa shape index (κ3) is 2.10. The van der Waals surface area contributed by atoms with Crippen LogP contribution in [0.1, 0.15) is 32.2 Å². The Morgan fingerprint density at radius 3 is 2.80 bits per heavy atom. The zero-order valence-corrected chi connectivity index (χ0v) is 8.97. The van der Waals surface area contributed by atoms with Crippen molar-refractivity contribution in [2.45, 2.75) is 31.9 Å². The van der Waals surface area contributed by atoms with Gasteiger partial charge < -0.3 is 20.2 Å². The Kier molecular flexibility index (Phi) is 2.40. The van der Waals surface area contributed by atoms with Crippen LogP contribution in [0.25, 0.3) is 0 Å². The van der Waals surface area contributed by atoms with Crippen LogP contribution in [-0.2, 0) is 0 Å². The number of nitrogens with two attached hydrogens (primary N) is 1. The van der Waals surface area contributed by atoms with E-state index in [0.717, 1.165) is 6.54 Å². The second-order valence-electron chi connectivity index (χ2n) is 4.38. The van der Waals surface area contributed by atoms with Crippen LogP contribution in [0.4, 0.5) is 6.01 Å². The summed E-state index contributed by atoms with van der Waals surface area (Å²) in [5.41, 5.74) is 4.95. The van der Waals surface area contributed by atoms with Crippen molar-refractivity contribution >= 4 is 6.01 Å². The van der Waals surface area contributed by atoms with Crippen molar-refractivity contribution in [1.29, 1.82) is 0 Å². The average Bonchev–Trinajstić information content (AvgIpc) is 2.70. The van der Waals surface area contributed by atoms with Crippen molar-refractivity contribution in [2.24, 2.45) is 5.73 Å². The van der Waals surface area contributed by atoms with Gasteiger partial charge in [-0.2, -0.15) is 0 Å². The Labute approximate surface area is 88.1 Å². The van der Waals surface area contributed by atoms with Crippen LogP contribution < -0.4 is 10.6 Å². The molecule has 2 atom stereocenters. The molecule has 2 heterocycles. The van der Waals surface area contributed by atoms with Crippen molar-refractivity contribution < 1.29 is 9.52 Å². The van der Waals surface area contributed by atoms with Gasteiger partial charge >= 0.3 is 6.01 Å². The summed E-state index contributed by atoms with van der Waals surface area (Å²) in [7, 11) is 0. The molecule has 1 aliphatic rings. The van der Waals surface area contributed by atoms with Crippen molar-refractivity contribution in [1.82, 2.24) is 10.2 Å². The smallest absolute Gasteiger partial charge is 0.318 e. The topological polar surface area (TPSA) is 88.4 Å². The van der Waals surface area contributed by atoms with E-state index in [1.54, 1.807) is 13.8 Å². The molecule has 1 aromatic rings. The minimum absolute atomic E-state index is 0.255. The Balaban J connectivity index is 2.11. The Morgan fingerprint density at radius 2 is 2.33 bits per heavy atom. The van der Waals surface area contributed by atoms with Gasteiger partial charge in [-0.3, -0.25) is 0 Å². The normalized spacial score (nSPS) is 28.4. The molecule has 84 valence electrons. The third-order valence-corrected chi connectivity index (χ3v) is 2.54. The summed E-state index contributed by atoms with van der Waals surface area (Å²) in [5.74, 6) is 0.427. The molecule has 6 heteroatoms. The van der Waals surface area contributed by atoms with Gasteiger partial charge in [0.1, 0.15) is 0 Å². The summed E-state index contributed by atoms with van der Waals surface area (Å²) in [4.78, 5) is 1.87. The molecule has 3 N–H and O–H groups in total. The lowest BCUT2D eigenvalue weighted by Crippen LogP contribution is -2.29. The lowest BCUT2D eigenvalue weighted by molar-refractivity contribution is 0.0836. The maximum Gasteiger partial charge on any atom is 0.318 e. The zero-order chi connectivity index (χ0) is 11.1. The van der Waals surface area contributed by atoms with E-state index in [2.05, 4.69) is 10.2 Å². The van der Waals surface area contributed by atoms with Crippen molar-refractivity contribution in [3.8, 4) is 0 Å². The fraction of sp³-hybridized carbons (Fsp3) is 0.778. The number of hydrogen-bond acceptors (Lipinski definition) is 6. The minimum atomic E-state index is -0.664. The van der Waals surface area contributed by atoms with Crippen LogP contribution in [0.5, 0.6) is 0 Å². The van der Waals surface area contributed by atoms with E-state index in [1.807, 2.05) is 4.90 Å². The molecule has 1 aliphatic heterocycles. The molecular weight excluding hydrogens is 196 g/mol. The zero-order valence-electron chi connectivity index (χ0n) is 8.97. The standard InChI is InChI=1S/C9H16N4O2/c1-6(10)7-11-12-8(15-7)13-4-3-9(2,14)5-13/h6,14H,3-5,10H2,1-2H3. The van der Waals surface area contributed by atoms with Crippen LogP contribution in [0.15, 0.2) is 4.42 Å². The Hall–Kier alpha value is -1.14. The molecule has 0 aliphatic carbocycles. The maximum absolute atomic E-state index is 9.79. The van der Waals surface area contributed by atoms with Crippen molar-refractivity contribution in [3.05, 3.63) is 5.89 Å². The molecule has 0 saturated carbocycles. The highest BCUT2D eigenvalue weighted by atomic mass is 16.4. The third-order valence-electron chi connectivity index (χ3n) is 2.54. The van der Waals surface area contributed by atoms with Crippen LogP contribution in [0.2, 0.25) is 0 Å². The summed E-state index contributed by atoms with van der Waals surface area (Å²) in [6.07, 6.45) is 0.711. The van der Waals surface area contributed by atoms with E-state index < -0.39 is 5.60 Å². The molecule has 0 spiro atoms. The first kappa shape index (κ1) is 10.4. The van der Waals surface area contributed by atoms with Gasteiger partial charge in [0.15, 0.2) is 0 Å². The summed E-state index contributed by atoms with van der Waals surface area (Å²) in [6, 6.07) is 0.189. The van der Waals surface area contributed by atoms with E-state index in [-0.39, 0.29) is 6.04 Å². The fourth-order valence-electron chi connectivity index (χ4n) is 1.65. The maximum atomic E-state index is 9.79. The van der Waals surface area contributed by atoms with Crippen LogP contribution >= 0.6 is 0 Å². The number of anilines is 1. The predicted octanol–water partition coefficient (Wildman–Crippen LogP) is 0.0504. The molecular formula is C9H16N4O2. The van der Waals surface area contributed by atoms with Gasteiger partial charge in [0, 0.05) is 6.54 Å². The molecule has 2 unspecified atom stereocenters. The highest BCUT2D eigenvalue weighted by molar-refractivity contribution is 5.28. The molecule has 15 heavy (non-hydrogen) atoms. The molecule has 0 aromatic carbocycles. The second kappa shape index (κ2) is 3.46. The number of nitrogens with zero attached hydrogens (tertiary/aromatic N) is 3. The Bertz CT molecular complexity index is 348. The molecule has 0 radical (unpaired) electrons. The summed E-state index contributed by atoms with van der Waals surface area (Å²) in [6.45, 7) is 4.84. The SMILES string of the molecule is CC(N)c1nnc(N2CCC(C)(O)C2)o1. The van der Waals surface area contributed by atoms with Crippen LogP contribution in [-0.4, -0.2) is 34.0 Å². The summed E-state index contributed by atoms with van der Waals surface area (Å²) >= 11 is 0. The van der Waals surface area contributed by atoms with Gasteiger partial charge in [-0.15, -0.1) is 5.10 Å². The van der Waals surface area contributed by atoms with E-state index in [4.69, 9.17) is 10.2 Å². The van der Waals surface area contributed by atoms with E-state index in [0.29, 0.717) is 24.9 Å². The number of aromatic nitrogens is 2. The van der Waals surface area contributed by atoms with Gasteiger partial charge in [0.05, 0.1) is 18.2 Å². The predicted molar refractivity (Wildman–Crippen MR) is 54.4 cm³/mol. The number of β-amino-alcohol motifs (C(OH)–C–C–N with tert-alkyl or cyclic N) is 1. The molecule has 0 amide bonds.